The highest BCUT2D eigenvalue weighted by molar-refractivity contribution is 7.07. The molecule has 0 radical (unpaired) electrons. The third kappa shape index (κ3) is 4.24. The lowest BCUT2D eigenvalue weighted by Gasteiger charge is -2.25. The Kier molecular flexibility index (Phi) is 6.28. The molecular formula is C28H27N5O2S. The van der Waals surface area contributed by atoms with Crippen molar-refractivity contribution < 1.29 is 4.79 Å². The third-order valence-electron chi connectivity index (χ3n) is 6.37. The number of hydrogen-bond donors (Lipinski definition) is 1. The largest absolute Gasteiger partial charge is 0.322 e. The number of nitrogens with zero attached hydrogens (tertiary/aromatic N) is 4. The van der Waals surface area contributed by atoms with E-state index in [9.17, 15) is 9.59 Å². The van der Waals surface area contributed by atoms with Gasteiger partial charge in [-0.3, -0.25) is 18.8 Å². The Balaban J connectivity index is 1.67. The summed E-state index contributed by atoms with van der Waals surface area (Å²) in [5, 5.41) is 7.53. The second-order valence-electron chi connectivity index (χ2n) is 8.79. The van der Waals surface area contributed by atoms with E-state index in [-0.39, 0.29) is 11.5 Å². The number of amides is 1. The van der Waals surface area contributed by atoms with Crippen molar-refractivity contribution in [3.63, 3.8) is 0 Å². The van der Waals surface area contributed by atoms with Gasteiger partial charge in [-0.25, -0.2) is 4.99 Å². The molecule has 3 heterocycles. The number of carbonyl (C=O) groups excluding carboxylic acids is 1. The van der Waals surface area contributed by atoms with Crippen LogP contribution >= 0.6 is 11.3 Å². The van der Waals surface area contributed by atoms with E-state index in [2.05, 4.69) is 10.4 Å². The molecule has 8 heteroatoms. The Bertz CT molecular complexity index is 1670. The molecule has 1 atom stereocenters. The minimum absolute atomic E-state index is 0.176. The van der Waals surface area contributed by atoms with Crippen molar-refractivity contribution in [1.29, 1.82) is 0 Å². The zero-order valence-electron chi connectivity index (χ0n) is 20.6. The zero-order valence-corrected chi connectivity index (χ0v) is 21.5. The molecule has 0 fully saturated rings. The normalized spacial score (nSPS) is 15.6. The fourth-order valence-electron chi connectivity index (χ4n) is 4.44. The SMILES string of the molecule is CCn1cc(C=c2sc3n(c2=O)C(c2ccccc2)C(C(=O)Nc2ccccc2C)=C(C)N=3)c(C)n1. The van der Waals surface area contributed by atoms with Crippen LogP contribution in [-0.4, -0.2) is 20.3 Å². The average Bonchev–Trinajstić information content (AvgIpc) is 3.38. The van der Waals surface area contributed by atoms with Gasteiger partial charge >= 0.3 is 0 Å². The van der Waals surface area contributed by atoms with E-state index in [0.717, 1.165) is 34.6 Å². The number of benzene rings is 2. The van der Waals surface area contributed by atoms with Crippen molar-refractivity contribution in [2.75, 3.05) is 5.32 Å². The maximum Gasteiger partial charge on any atom is 0.271 e. The van der Waals surface area contributed by atoms with Crippen LogP contribution in [0.2, 0.25) is 0 Å². The second kappa shape index (κ2) is 9.54. The highest BCUT2D eigenvalue weighted by atomic mass is 32.1. The first kappa shape index (κ1) is 23.7. The summed E-state index contributed by atoms with van der Waals surface area (Å²) in [7, 11) is 0. The van der Waals surface area contributed by atoms with Crippen molar-refractivity contribution in [3.05, 3.63) is 114 Å². The lowest BCUT2D eigenvalue weighted by molar-refractivity contribution is -0.113. The van der Waals surface area contributed by atoms with Crippen LogP contribution in [0.4, 0.5) is 5.69 Å². The summed E-state index contributed by atoms with van der Waals surface area (Å²) in [6.45, 7) is 8.48. The van der Waals surface area contributed by atoms with Crippen molar-refractivity contribution >= 4 is 29.0 Å². The second-order valence-corrected chi connectivity index (χ2v) is 9.80. The molecule has 0 saturated heterocycles. The minimum atomic E-state index is -0.590. The van der Waals surface area contributed by atoms with E-state index in [1.54, 1.807) is 4.57 Å². The Labute approximate surface area is 212 Å². The van der Waals surface area contributed by atoms with Gasteiger partial charge in [0.15, 0.2) is 4.80 Å². The maximum absolute atomic E-state index is 13.8. The number of anilines is 1. The minimum Gasteiger partial charge on any atom is -0.322 e. The van der Waals surface area contributed by atoms with Crippen LogP contribution in [-0.2, 0) is 11.3 Å². The van der Waals surface area contributed by atoms with Crippen LogP contribution in [0.25, 0.3) is 6.08 Å². The van der Waals surface area contributed by atoms with Gasteiger partial charge in [-0.05, 0) is 51.0 Å². The summed E-state index contributed by atoms with van der Waals surface area (Å²) < 4.78 is 4.05. The van der Waals surface area contributed by atoms with E-state index in [1.807, 2.05) is 99.2 Å². The van der Waals surface area contributed by atoms with Gasteiger partial charge in [-0.1, -0.05) is 59.9 Å². The smallest absolute Gasteiger partial charge is 0.271 e. The van der Waals surface area contributed by atoms with Crippen LogP contribution in [0.5, 0.6) is 0 Å². The first-order valence-electron chi connectivity index (χ1n) is 11.9. The predicted molar refractivity (Wildman–Crippen MR) is 143 cm³/mol. The number of thiazole rings is 1. The highest BCUT2D eigenvalue weighted by Gasteiger charge is 2.32. The standard InChI is InChI=1S/C28H27N5O2S/c1-5-32-16-21(18(3)31-32)15-23-27(35)33-25(20-12-7-6-8-13-20)24(19(4)29-28(33)36-23)26(34)30-22-14-10-9-11-17(22)2/h6-16,25H,5H2,1-4H3,(H,30,34). The molecule has 2 aromatic heterocycles. The van der Waals surface area contributed by atoms with Crippen molar-refractivity contribution in [2.24, 2.45) is 4.99 Å². The van der Waals surface area contributed by atoms with E-state index in [4.69, 9.17) is 4.99 Å². The lowest BCUT2D eigenvalue weighted by atomic mass is 9.95. The summed E-state index contributed by atoms with van der Waals surface area (Å²) in [4.78, 5) is 32.7. The molecule has 5 rings (SSSR count). The van der Waals surface area contributed by atoms with E-state index >= 15 is 0 Å². The molecule has 0 aliphatic carbocycles. The van der Waals surface area contributed by atoms with Gasteiger partial charge in [0.05, 0.1) is 27.5 Å². The molecular weight excluding hydrogens is 470 g/mol. The summed E-state index contributed by atoms with van der Waals surface area (Å²) in [5.41, 5.74) is 5.17. The molecule has 4 aromatic rings. The lowest BCUT2D eigenvalue weighted by Crippen LogP contribution is -2.40. The van der Waals surface area contributed by atoms with Crippen LogP contribution in [0.3, 0.4) is 0 Å². The maximum atomic E-state index is 13.8. The van der Waals surface area contributed by atoms with Gasteiger partial charge < -0.3 is 5.32 Å². The third-order valence-corrected chi connectivity index (χ3v) is 7.35. The summed E-state index contributed by atoms with van der Waals surface area (Å²) >= 11 is 1.33. The first-order chi connectivity index (χ1) is 17.4. The quantitative estimate of drug-likeness (QED) is 0.457. The molecule has 1 aliphatic rings. The van der Waals surface area contributed by atoms with Crippen LogP contribution in [0.15, 0.2) is 81.9 Å². The number of aromatic nitrogens is 3. The fourth-order valence-corrected chi connectivity index (χ4v) is 5.48. The van der Waals surface area contributed by atoms with E-state index in [0.29, 0.717) is 20.6 Å². The van der Waals surface area contributed by atoms with Gasteiger partial charge in [0.25, 0.3) is 11.5 Å². The van der Waals surface area contributed by atoms with Gasteiger partial charge in [-0.15, -0.1) is 0 Å². The molecule has 7 nitrogen and oxygen atoms in total. The molecule has 0 saturated carbocycles. The summed E-state index contributed by atoms with van der Waals surface area (Å²) in [5.74, 6) is -0.270. The number of aryl methyl sites for hydroxylation is 3. The Morgan fingerprint density at radius 1 is 1.08 bits per heavy atom. The number of nitrogens with one attached hydrogen (secondary N) is 1. The number of rotatable bonds is 5. The molecule has 1 N–H and O–H groups in total. The van der Waals surface area contributed by atoms with Gasteiger partial charge in [-0.2, -0.15) is 5.10 Å². The average molecular weight is 498 g/mol. The molecule has 0 bridgehead atoms. The highest BCUT2D eigenvalue weighted by Crippen LogP contribution is 2.31. The van der Waals surface area contributed by atoms with Gasteiger partial charge in [0.2, 0.25) is 0 Å². The molecule has 1 unspecified atom stereocenters. The van der Waals surface area contributed by atoms with E-state index < -0.39 is 6.04 Å². The van der Waals surface area contributed by atoms with Gasteiger partial charge in [0.1, 0.15) is 0 Å². The first-order valence-corrected chi connectivity index (χ1v) is 12.7. The predicted octanol–water partition coefficient (Wildman–Crippen LogP) is 3.71. The topological polar surface area (TPSA) is 81.3 Å². The fraction of sp³-hybridized carbons (Fsp3) is 0.214. The van der Waals surface area contributed by atoms with Crippen molar-refractivity contribution in [1.82, 2.24) is 14.3 Å². The molecule has 36 heavy (non-hydrogen) atoms. The van der Waals surface area contributed by atoms with Crippen LogP contribution in [0.1, 0.15) is 42.3 Å². The molecule has 2 aromatic carbocycles. The number of para-hydroxylation sites is 1. The summed E-state index contributed by atoms with van der Waals surface area (Å²) in [6.07, 6.45) is 3.81. The molecule has 0 spiro atoms. The Morgan fingerprint density at radius 2 is 1.81 bits per heavy atom. The molecule has 182 valence electrons. The van der Waals surface area contributed by atoms with Crippen molar-refractivity contribution in [3.8, 4) is 0 Å². The van der Waals surface area contributed by atoms with Crippen molar-refractivity contribution in [2.45, 2.75) is 40.3 Å². The van der Waals surface area contributed by atoms with Gasteiger partial charge in [0, 0.05) is 24.0 Å². The molecule has 1 aliphatic heterocycles. The zero-order chi connectivity index (χ0) is 25.4. The van der Waals surface area contributed by atoms with Crippen LogP contribution < -0.4 is 20.2 Å². The number of allylic oxidation sites excluding steroid dienone is 1. The van der Waals surface area contributed by atoms with Crippen LogP contribution in [0, 0.1) is 13.8 Å². The Hall–Kier alpha value is -4.04. The number of hydrogen-bond acceptors (Lipinski definition) is 5. The number of fused-ring (bicyclic) bond motifs is 1. The monoisotopic (exact) mass is 497 g/mol. The van der Waals surface area contributed by atoms with E-state index in [1.165, 1.54) is 11.3 Å². The summed E-state index contributed by atoms with van der Waals surface area (Å²) in [6, 6.07) is 16.7. The number of carbonyl (C=O) groups is 1. The molecule has 1 amide bonds. The Morgan fingerprint density at radius 3 is 2.50 bits per heavy atom.